The van der Waals surface area contributed by atoms with Crippen molar-refractivity contribution in [2.75, 3.05) is 54.1 Å². The molecule has 0 aliphatic heterocycles. The van der Waals surface area contributed by atoms with Gasteiger partial charge in [-0.15, -0.1) is 0 Å². The summed E-state index contributed by atoms with van der Waals surface area (Å²) < 4.78 is 26.9. The van der Waals surface area contributed by atoms with E-state index in [-0.39, 0.29) is 32.7 Å². The lowest BCUT2D eigenvalue weighted by Gasteiger charge is -2.24. The van der Waals surface area contributed by atoms with E-state index in [9.17, 15) is 14.3 Å². The summed E-state index contributed by atoms with van der Waals surface area (Å²) in [5.74, 6) is -0.939. The Balaban J connectivity index is 3.98. The maximum Gasteiger partial charge on any atom is 0.472 e. The molecule has 0 aromatic heterocycles. The molecule has 2 atom stereocenters. The number of likely N-dealkylation sites (N-methyl/N-ethyl adjacent to an activating group) is 1. The predicted octanol–water partition coefficient (Wildman–Crippen LogP) is 0.0685. The van der Waals surface area contributed by atoms with Crippen molar-refractivity contribution >= 4 is 13.8 Å². The van der Waals surface area contributed by atoms with Crippen LogP contribution in [-0.2, 0) is 23.1 Å². The number of hydrogen-bond acceptors (Lipinski definition) is 6. The summed E-state index contributed by atoms with van der Waals surface area (Å²) in [5.41, 5.74) is 0. The topological polar surface area (TPSA) is 123 Å². The number of quaternary nitrogens is 1. The number of aliphatic hydroxyl groups is 1. The van der Waals surface area contributed by atoms with Crippen LogP contribution in [0.3, 0.4) is 0 Å². The van der Waals surface area contributed by atoms with Crippen LogP contribution < -0.4 is 0 Å². The molecule has 3 N–H and O–H groups in total. The van der Waals surface area contributed by atoms with Gasteiger partial charge < -0.3 is 24.3 Å². The molecule has 0 aliphatic carbocycles. The van der Waals surface area contributed by atoms with Crippen molar-refractivity contribution in [3.8, 4) is 0 Å². The maximum atomic E-state index is 11.6. The van der Waals surface area contributed by atoms with Crippen molar-refractivity contribution in [1.29, 1.82) is 0 Å². The van der Waals surface area contributed by atoms with E-state index in [1.54, 1.807) is 0 Å². The molecule has 132 valence electrons. The average molecular weight is 344 g/mol. The average Bonchev–Trinajstić information content (AvgIpc) is 2.35. The van der Waals surface area contributed by atoms with Gasteiger partial charge in [-0.3, -0.25) is 13.8 Å². The summed E-state index contributed by atoms with van der Waals surface area (Å²) in [7, 11) is 1.55. The highest BCUT2D eigenvalue weighted by molar-refractivity contribution is 7.47. The van der Waals surface area contributed by atoms with Crippen molar-refractivity contribution in [3.05, 3.63) is 0 Å². The molecule has 0 radical (unpaired) electrons. The molecule has 0 saturated heterocycles. The summed E-state index contributed by atoms with van der Waals surface area (Å²) in [4.78, 5) is 19.8. The van der Waals surface area contributed by atoms with E-state index in [2.05, 4.69) is 0 Å². The van der Waals surface area contributed by atoms with Crippen LogP contribution in [0, 0.1) is 0 Å². The standard InChI is InChI=1S/C12H26NO8P/c1-13(2,3)6-8-20-22(17,18)21-10-11(9-14)19-7-4-5-12(15)16/h11,14H,4-10H2,1-3H3,(H-,15,16,17,18)/p+1. The molecule has 0 aromatic rings. The minimum absolute atomic E-state index is 0.0499. The second-order valence-corrected chi connectivity index (χ2v) is 7.24. The minimum atomic E-state index is -4.20. The number of carbonyl (C=O) groups is 1. The molecule has 10 heteroatoms. The van der Waals surface area contributed by atoms with Gasteiger partial charge >= 0.3 is 13.8 Å². The molecule has 0 spiro atoms. The first kappa shape index (κ1) is 21.5. The Morgan fingerprint density at radius 2 is 1.86 bits per heavy atom. The molecule has 0 saturated carbocycles. The quantitative estimate of drug-likeness (QED) is 0.244. The zero-order chi connectivity index (χ0) is 17.2. The number of aliphatic carboxylic acids is 1. The summed E-state index contributed by atoms with van der Waals surface area (Å²) in [6.07, 6.45) is -0.579. The van der Waals surface area contributed by atoms with Gasteiger partial charge in [0.05, 0.1) is 34.4 Å². The van der Waals surface area contributed by atoms with Gasteiger partial charge in [0.15, 0.2) is 0 Å². The number of phosphoric acid groups is 1. The summed E-state index contributed by atoms with van der Waals surface area (Å²) in [5, 5.41) is 17.5. The number of carboxylic acid groups (broad SMARTS) is 1. The molecule has 0 heterocycles. The number of nitrogens with zero attached hydrogens (tertiary/aromatic N) is 1. The van der Waals surface area contributed by atoms with E-state index in [1.165, 1.54) is 0 Å². The van der Waals surface area contributed by atoms with Crippen LogP contribution in [0.1, 0.15) is 12.8 Å². The number of rotatable bonds is 13. The number of aliphatic hydroxyl groups excluding tert-OH is 1. The van der Waals surface area contributed by atoms with Crippen LogP contribution in [0.25, 0.3) is 0 Å². The van der Waals surface area contributed by atoms with Crippen LogP contribution in [0.4, 0.5) is 0 Å². The third-order valence-electron chi connectivity index (χ3n) is 2.53. The fraction of sp³-hybridized carbons (Fsp3) is 0.917. The van der Waals surface area contributed by atoms with E-state index < -0.39 is 26.5 Å². The molecular formula is C12H27NO8P+. The lowest BCUT2D eigenvalue weighted by molar-refractivity contribution is -0.870. The Hall–Kier alpha value is -0.540. The van der Waals surface area contributed by atoms with E-state index in [0.29, 0.717) is 11.0 Å². The van der Waals surface area contributed by atoms with Gasteiger partial charge in [0, 0.05) is 13.0 Å². The molecule has 0 fully saturated rings. The Kier molecular flexibility index (Phi) is 10.0. The fourth-order valence-electron chi connectivity index (χ4n) is 1.27. The van der Waals surface area contributed by atoms with Crippen LogP contribution in [0.5, 0.6) is 0 Å². The van der Waals surface area contributed by atoms with E-state index in [0.717, 1.165) is 0 Å². The molecule has 0 aromatic carbocycles. The first-order chi connectivity index (χ1) is 10.1. The lowest BCUT2D eigenvalue weighted by atomic mass is 10.3. The molecule has 22 heavy (non-hydrogen) atoms. The number of carboxylic acids is 1. The zero-order valence-corrected chi connectivity index (χ0v) is 14.2. The lowest BCUT2D eigenvalue weighted by Crippen LogP contribution is -2.37. The molecule has 0 rings (SSSR count). The van der Waals surface area contributed by atoms with Gasteiger partial charge in [0.1, 0.15) is 19.3 Å². The van der Waals surface area contributed by atoms with Crippen LogP contribution in [-0.4, -0.2) is 85.8 Å². The summed E-state index contributed by atoms with van der Waals surface area (Å²) in [6.45, 7) is -0.0315. The number of ether oxygens (including phenoxy) is 1. The number of phosphoric ester groups is 1. The predicted molar refractivity (Wildman–Crippen MR) is 78.3 cm³/mol. The highest BCUT2D eigenvalue weighted by Gasteiger charge is 2.24. The fourth-order valence-corrected chi connectivity index (χ4v) is 2.01. The van der Waals surface area contributed by atoms with Crippen LogP contribution in [0.2, 0.25) is 0 Å². The van der Waals surface area contributed by atoms with Gasteiger partial charge in [-0.05, 0) is 6.42 Å². The molecule has 2 unspecified atom stereocenters. The third-order valence-corrected chi connectivity index (χ3v) is 3.52. The van der Waals surface area contributed by atoms with E-state index >= 15 is 0 Å². The Labute approximate surface area is 130 Å². The molecule has 0 bridgehead atoms. The second kappa shape index (κ2) is 10.3. The van der Waals surface area contributed by atoms with Gasteiger partial charge in [0.25, 0.3) is 0 Å². The molecule has 9 nitrogen and oxygen atoms in total. The van der Waals surface area contributed by atoms with Gasteiger partial charge in [-0.25, -0.2) is 4.57 Å². The maximum absolute atomic E-state index is 11.6. The Morgan fingerprint density at radius 3 is 2.36 bits per heavy atom. The minimum Gasteiger partial charge on any atom is -0.481 e. The molecule has 0 aliphatic rings. The van der Waals surface area contributed by atoms with Crippen LogP contribution >= 0.6 is 7.82 Å². The number of hydrogen-bond donors (Lipinski definition) is 3. The second-order valence-electron chi connectivity index (χ2n) is 5.78. The monoisotopic (exact) mass is 344 g/mol. The zero-order valence-electron chi connectivity index (χ0n) is 13.3. The van der Waals surface area contributed by atoms with Gasteiger partial charge in [-0.1, -0.05) is 0 Å². The van der Waals surface area contributed by atoms with Crippen molar-refractivity contribution in [1.82, 2.24) is 0 Å². The van der Waals surface area contributed by atoms with E-state index in [4.69, 9.17) is 24.0 Å². The normalized spacial score (nSPS) is 16.2. The molecular weight excluding hydrogens is 317 g/mol. The largest absolute Gasteiger partial charge is 0.481 e. The van der Waals surface area contributed by atoms with Crippen molar-refractivity contribution < 1.29 is 42.7 Å². The van der Waals surface area contributed by atoms with Crippen molar-refractivity contribution in [2.24, 2.45) is 0 Å². The summed E-state index contributed by atoms with van der Waals surface area (Å²) in [6, 6.07) is 0. The van der Waals surface area contributed by atoms with Crippen molar-refractivity contribution in [2.45, 2.75) is 18.9 Å². The van der Waals surface area contributed by atoms with Crippen molar-refractivity contribution in [3.63, 3.8) is 0 Å². The SMILES string of the molecule is C[N+](C)(C)CCOP(=O)(O)OCC(CO)OCCCC(=O)O. The van der Waals surface area contributed by atoms with Gasteiger partial charge in [0.2, 0.25) is 0 Å². The highest BCUT2D eigenvalue weighted by Crippen LogP contribution is 2.43. The highest BCUT2D eigenvalue weighted by atomic mass is 31.2. The first-order valence-electron chi connectivity index (χ1n) is 6.92. The third kappa shape index (κ3) is 13.1. The Bertz CT molecular complexity index is 371. The first-order valence-corrected chi connectivity index (χ1v) is 8.42. The van der Waals surface area contributed by atoms with Gasteiger partial charge in [-0.2, -0.15) is 0 Å². The Morgan fingerprint density at radius 1 is 1.23 bits per heavy atom. The van der Waals surface area contributed by atoms with Crippen LogP contribution in [0.15, 0.2) is 0 Å². The van der Waals surface area contributed by atoms with E-state index in [1.807, 2.05) is 21.1 Å². The summed E-state index contributed by atoms with van der Waals surface area (Å²) >= 11 is 0. The molecule has 0 amide bonds. The smallest absolute Gasteiger partial charge is 0.472 e.